The van der Waals surface area contributed by atoms with Crippen molar-refractivity contribution in [3.8, 4) is 17.2 Å². The maximum absolute atomic E-state index is 15.1. The molecular formula is C51H65Cl3NO14P. The highest BCUT2D eigenvalue weighted by molar-refractivity contribution is 7.49. The van der Waals surface area contributed by atoms with E-state index in [0.717, 1.165) is 37.0 Å². The van der Waals surface area contributed by atoms with Gasteiger partial charge in [-0.25, -0.2) is 14.2 Å². The molecule has 0 radical (unpaired) electrons. The lowest BCUT2D eigenvalue weighted by molar-refractivity contribution is -0.259. The SMILES string of the molecule is CCCCCCCCCCC[C@H](CCO[C@@H]1[C@@H](NC(=O)OCC(Cl)(Cl)Cl)[C@@H](O)O[C@H](COC(=O)OCc2ccccc2)[C@H]1OP(=O)(Oc1ccccc1)Oc1ccccc1)OCc1ccc(OC)cc1. The van der Waals surface area contributed by atoms with E-state index in [9.17, 15) is 14.7 Å². The molecule has 0 aromatic heterocycles. The van der Waals surface area contributed by atoms with Crippen LogP contribution in [0, 0.1) is 0 Å². The zero-order valence-electron chi connectivity index (χ0n) is 39.6. The molecule has 19 heteroatoms. The molecule has 1 heterocycles. The Bertz CT molecular complexity index is 2080. The molecule has 0 unspecified atom stereocenters. The maximum atomic E-state index is 15.1. The van der Waals surface area contributed by atoms with Gasteiger partial charge in [0.05, 0.1) is 19.8 Å². The van der Waals surface area contributed by atoms with E-state index in [4.69, 9.17) is 81.5 Å². The summed E-state index contributed by atoms with van der Waals surface area (Å²) in [4.78, 5) is 26.4. The Balaban J connectivity index is 1.43. The van der Waals surface area contributed by atoms with E-state index in [2.05, 4.69) is 12.2 Å². The van der Waals surface area contributed by atoms with E-state index in [1.165, 1.54) is 32.1 Å². The first-order valence-electron chi connectivity index (χ1n) is 23.6. The second kappa shape index (κ2) is 30.6. The lowest BCUT2D eigenvalue weighted by Crippen LogP contribution is -2.65. The van der Waals surface area contributed by atoms with Gasteiger partial charge in [0.1, 0.15) is 61.4 Å². The number of unbranched alkanes of at least 4 members (excludes halogenated alkanes) is 8. The average Bonchev–Trinajstić information content (AvgIpc) is 3.35. The van der Waals surface area contributed by atoms with Crippen molar-refractivity contribution in [3.63, 3.8) is 0 Å². The minimum atomic E-state index is -4.80. The first-order chi connectivity index (χ1) is 33.8. The third kappa shape index (κ3) is 21.2. The number of alkyl halides is 3. The lowest BCUT2D eigenvalue weighted by atomic mass is 9.96. The Morgan fingerprint density at radius 1 is 0.700 bits per heavy atom. The largest absolute Gasteiger partial charge is 0.588 e. The third-order valence-corrected chi connectivity index (χ3v) is 12.8. The number of methoxy groups -OCH3 is 1. The van der Waals surface area contributed by atoms with Crippen molar-refractivity contribution in [1.82, 2.24) is 5.32 Å². The number of phosphoric acid groups is 1. The lowest BCUT2D eigenvalue weighted by Gasteiger charge is -2.44. The van der Waals surface area contributed by atoms with E-state index in [1.54, 1.807) is 92.0 Å². The Morgan fingerprint density at radius 2 is 1.27 bits per heavy atom. The zero-order chi connectivity index (χ0) is 50.0. The number of benzene rings is 4. The van der Waals surface area contributed by atoms with Crippen LogP contribution in [0.25, 0.3) is 0 Å². The van der Waals surface area contributed by atoms with Crippen molar-refractivity contribution in [2.45, 2.75) is 131 Å². The predicted octanol–water partition coefficient (Wildman–Crippen LogP) is 12.5. The highest BCUT2D eigenvalue weighted by Gasteiger charge is 2.52. The molecule has 0 spiro atoms. The fourth-order valence-corrected chi connectivity index (χ4v) is 9.06. The number of halogens is 3. The fraction of sp³-hybridized carbons (Fsp3) is 0.490. The molecule has 5 rings (SSSR count). The summed E-state index contributed by atoms with van der Waals surface area (Å²) >= 11 is 17.6. The molecule has 15 nitrogen and oxygen atoms in total. The van der Waals surface area contributed by atoms with Crippen LogP contribution in [0.2, 0.25) is 0 Å². The van der Waals surface area contributed by atoms with Gasteiger partial charge in [0, 0.05) is 6.61 Å². The van der Waals surface area contributed by atoms with E-state index >= 15 is 4.57 Å². The molecular weight excluding hydrogens is 988 g/mol. The number of carbonyl (C=O) groups excluding carboxylic acids is 2. The van der Waals surface area contributed by atoms with E-state index in [0.29, 0.717) is 25.0 Å². The van der Waals surface area contributed by atoms with E-state index in [-0.39, 0.29) is 30.8 Å². The van der Waals surface area contributed by atoms with Crippen molar-refractivity contribution in [2.24, 2.45) is 0 Å². The average molecular weight is 1050 g/mol. The molecule has 1 saturated heterocycles. The zero-order valence-corrected chi connectivity index (χ0v) is 42.7. The summed E-state index contributed by atoms with van der Waals surface area (Å²) in [5.74, 6) is 0.956. The number of rotatable bonds is 30. The van der Waals surface area contributed by atoms with Gasteiger partial charge in [0.15, 0.2) is 6.29 Å². The first-order valence-corrected chi connectivity index (χ1v) is 26.2. The predicted molar refractivity (Wildman–Crippen MR) is 266 cm³/mol. The van der Waals surface area contributed by atoms with Crippen molar-refractivity contribution >= 4 is 54.9 Å². The van der Waals surface area contributed by atoms with Crippen LogP contribution in [0.15, 0.2) is 115 Å². The number of ether oxygens (including phenoxy) is 7. The van der Waals surface area contributed by atoms with Crippen LogP contribution in [0.4, 0.5) is 9.59 Å². The van der Waals surface area contributed by atoms with Gasteiger partial charge in [-0.3, -0.25) is 4.52 Å². The van der Waals surface area contributed by atoms with E-state index < -0.39 is 67.7 Å². The molecule has 1 aliphatic rings. The van der Waals surface area contributed by atoms with Crippen molar-refractivity contribution < 1.29 is 66.0 Å². The highest BCUT2D eigenvalue weighted by Crippen LogP contribution is 2.52. The van der Waals surface area contributed by atoms with Gasteiger partial charge in [-0.15, -0.1) is 0 Å². The number of nitrogens with one attached hydrogen (secondary N) is 1. The van der Waals surface area contributed by atoms with Crippen LogP contribution in [-0.2, 0) is 50.7 Å². The number of hydrogen-bond donors (Lipinski definition) is 2. The Labute approximate surface area is 426 Å². The number of amides is 1. The number of alkyl carbamates (subject to hydrolysis) is 1. The molecule has 4 aromatic carbocycles. The monoisotopic (exact) mass is 1050 g/mol. The molecule has 0 bridgehead atoms. The highest BCUT2D eigenvalue weighted by atomic mass is 35.6. The van der Waals surface area contributed by atoms with Crippen LogP contribution in [0.3, 0.4) is 0 Å². The smallest absolute Gasteiger partial charge is 0.497 e. The van der Waals surface area contributed by atoms with Crippen molar-refractivity contribution in [2.75, 3.05) is 26.9 Å². The molecule has 1 amide bonds. The third-order valence-electron chi connectivity index (χ3n) is 11.1. The van der Waals surface area contributed by atoms with Crippen molar-refractivity contribution in [3.05, 3.63) is 126 Å². The van der Waals surface area contributed by atoms with Crippen LogP contribution in [0.5, 0.6) is 17.2 Å². The molecule has 0 saturated carbocycles. The normalized spacial score (nSPS) is 18.6. The number of para-hydroxylation sites is 2. The van der Waals surface area contributed by atoms with Gasteiger partial charge in [0.2, 0.25) is 3.79 Å². The Morgan fingerprint density at radius 3 is 1.86 bits per heavy atom. The second-order valence-electron chi connectivity index (χ2n) is 16.6. The van der Waals surface area contributed by atoms with Gasteiger partial charge in [-0.05, 0) is 60.4 Å². The van der Waals surface area contributed by atoms with Crippen LogP contribution in [0.1, 0.15) is 88.7 Å². The molecule has 4 aromatic rings. The number of carbonyl (C=O) groups is 2. The number of aliphatic hydroxyl groups is 1. The first kappa shape index (κ1) is 56.6. The van der Waals surface area contributed by atoms with Crippen molar-refractivity contribution in [1.29, 1.82) is 0 Å². The summed E-state index contributed by atoms with van der Waals surface area (Å²) in [7, 11) is -3.19. The summed E-state index contributed by atoms with van der Waals surface area (Å²) in [6.45, 7) is 1.10. The summed E-state index contributed by atoms with van der Waals surface area (Å²) in [5.41, 5.74) is 1.64. The second-order valence-corrected chi connectivity index (χ2v) is 20.6. The number of aliphatic hydroxyl groups excluding tert-OH is 1. The number of phosphoric ester groups is 1. The summed E-state index contributed by atoms with van der Waals surface area (Å²) in [6.07, 6.45) is 2.56. The quantitative estimate of drug-likeness (QED) is 0.0218. The van der Waals surface area contributed by atoms with Crippen LogP contribution >= 0.6 is 42.6 Å². The minimum absolute atomic E-state index is 0.0422. The Hall–Kier alpha value is -4.28. The van der Waals surface area contributed by atoms with Gasteiger partial charge >= 0.3 is 20.1 Å². The van der Waals surface area contributed by atoms with Gasteiger partial charge in [-0.1, -0.05) is 178 Å². The molecule has 70 heavy (non-hydrogen) atoms. The van der Waals surface area contributed by atoms with Crippen LogP contribution < -0.4 is 19.1 Å². The summed E-state index contributed by atoms with van der Waals surface area (Å²) in [6, 6.07) is 31.4. The number of hydrogen-bond acceptors (Lipinski definition) is 14. The molecule has 0 aliphatic carbocycles. The molecule has 2 N–H and O–H groups in total. The van der Waals surface area contributed by atoms with Crippen LogP contribution in [-0.4, -0.2) is 84.8 Å². The fourth-order valence-electron chi connectivity index (χ4n) is 7.46. The standard InChI is InChI=1S/C51H65Cl3NO14P/c1-3-4-5-6-7-8-9-10-16-23-41(62-34-39-28-30-40(60-2)31-29-39)32-33-61-47-45(55-49(57)65-37-51(52,53)54)48(56)66-44(36-64-50(58)63-35-38-21-14-11-15-22-38)46(47)69-70(59,67-42-24-17-12-18-25-42)68-43-26-19-13-20-27-43/h11-15,17-22,24-31,41,44-48,56H,3-10,16,23,32-37H2,1-2H3,(H,55,57)/t41-,44-,45-,46-,47-,48+/m1/s1. The summed E-state index contributed by atoms with van der Waals surface area (Å²) < 4.78 is 71.9. The molecule has 1 aliphatic heterocycles. The maximum Gasteiger partial charge on any atom is 0.588 e. The minimum Gasteiger partial charge on any atom is -0.497 e. The summed E-state index contributed by atoms with van der Waals surface area (Å²) in [5, 5.41) is 14.2. The van der Waals surface area contributed by atoms with Gasteiger partial charge in [-0.2, -0.15) is 0 Å². The van der Waals surface area contributed by atoms with E-state index in [1.807, 2.05) is 30.3 Å². The van der Waals surface area contributed by atoms with Gasteiger partial charge in [0.25, 0.3) is 0 Å². The molecule has 6 atom stereocenters. The van der Waals surface area contributed by atoms with Gasteiger partial charge < -0.3 is 52.6 Å². The Kier molecular flexibility index (Phi) is 24.7. The molecule has 1 fully saturated rings. The molecule has 384 valence electrons. The topological polar surface area (TPSA) is 176 Å².